The minimum absolute atomic E-state index is 0.146. The van der Waals surface area contributed by atoms with E-state index in [1.165, 1.54) is 24.3 Å². The van der Waals surface area contributed by atoms with Crippen LogP contribution in [-0.2, 0) is 10.1 Å². The van der Waals surface area contributed by atoms with Crippen LogP contribution >= 0.6 is 0 Å². The van der Waals surface area contributed by atoms with Crippen LogP contribution < -0.4 is 0 Å². The average Bonchev–Trinajstić information content (AvgIpc) is 2.43. The predicted octanol–water partition coefficient (Wildman–Crippen LogP) is 2.47. The van der Waals surface area contributed by atoms with Gasteiger partial charge in [0, 0.05) is 0 Å². The zero-order chi connectivity index (χ0) is 15.6. The number of azo groups is 1. The van der Waals surface area contributed by atoms with Crippen LogP contribution in [0.3, 0.4) is 0 Å². The Labute approximate surface area is 119 Å². The first kappa shape index (κ1) is 14.8. The third kappa shape index (κ3) is 3.09. The quantitative estimate of drug-likeness (QED) is 0.390. The van der Waals surface area contributed by atoms with E-state index in [-0.39, 0.29) is 11.4 Å². The van der Waals surface area contributed by atoms with E-state index in [0.717, 1.165) is 12.1 Å². The van der Waals surface area contributed by atoms with Crippen molar-refractivity contribution in [3.8, 4) is 17.2 Å². The van der Waals surface area contributed by atoms with Crippen molar-refractivity contribution >= 4 is 21.5 Å². The van der Waals surface area contributed by atoms with Crippen molar-refractivity contribution in [3.05, 3.63) is 36.4 Å². The molecule has 21 heavy (non-hydrogen) atoms. The van der Waals surface area contributed by atoms with Gasteiger partial charge in [0.15, 0.2) is 11.5 Å². The van der Waals surface area contributed by atoms with Gasteiger partial charge >= 0.3 is 0 Å². The van der Waals surface area contributed by atoms with E-state index in [0.29, 0.717) is 0 Å². The monoisotopic (exact) mass is 310 g/mol. The van der Waals surface area contributed by atoms with Crippen molar-refractivity contribution in [1.82, 2.24) is 0 Å². The molecule has 0 saturated heterocycles. The smallest absolute Gasteiger partial charge is 0.296 e. The molecule has 0 heterocycles. The fraction of sp³-hybridized carbons (Fsp3) is 0. The molecule has 0 aliphatic carbocycles. The van der Waals surface area contributed by atoms with Gasteiger partial charge in [0.2, 0.25) is 5.75 Å². The van der Waals surface area contributed by atoms with E-state index in [2.05, 4.69) is 10.2 Å². The minimum atomic E-state index is -4.47. The van der Waals surface area contributed by atoms with E-state index in [1.54, 1.807) is 0 Å². The topological polar surface area (TPSA) is 140 Å². The molecule has 2 aromatic rings. The number of hydrogen-bond acceptors (Lipinski definition) is 7. The maximum atomic E-state index is 11.2. The van der Waals surface area contributed by atoms with Crippen LogP contribution in [-0.4, -0.2) is 28.3 Å². The first-order chi connectivity index (χ1) is 9.80. The summed E-state index contributed by atoms with van der Waals surface area (Å²) in [7, 11) is -4.47. The van der Waals surface area contributed by atoms with Crippen LogP contribution in [0.1, 0.15) is 0 Å². The molecular weight excluding hydrogens is 300 g/mol. The molecule has 0 aromatic heterocycles. The molecule has 0 aliphatic heterocycles. The van der Waals surface area contributed by atoms with E-state index in [1.807, 2.05) is 0 Å². The number of aromatic hydroxyl groups is 3. The Kier molecular flexibility index (Phi) is 3.78. The highest BCUT2D eigenvalue weighted by Gasteiger charge is 2.15. The van der Waals surface area contributed by atoms with E-state index in [4.69, 9.17) is 9.66 Å². The molecule has 2 rings (SSSR count). The lowest BCUT2D eigenvalue weighted by Crippen LogP contribution is -1.97. The highest BCUT2D eigenvalue weighted by molar-refractivity contribution is 7.86. The van der Waals surface area contributed by atoms with Crippen LogP contribution in [0.4, 0.5) is 11.4 Å². The highest BCUT2D eigenvalue weighted by Crippen LogP contribution is 2.42. The molecule has 0 radical (unpaired) electrons. The number of phenolic OH excluding ortho intramolecular Hbond substituents is 3. The van der Waals surface area contributed by atoms with Gasteiger partial charge in [-0.1, -0.05) is 12.1 Å². The normalized spacial score (nSPS) is 11.9. The predicted molar refractivity (Wildman–Crippen MR) is 71.9 cm³/mol. The summed E-state index contributed by atoms with van der Waals surface area (Å²) in [6.07, 6.45) is 0. The van der Waals surface area contributed by atoms with Crippen LogP contribution in [0, 0.1) is 0 Å². The van der Waals surface area contributed by atoms with Gasteiger partial charge in [-0.15, -0.1) is 10.2 Å². The first-order valence-corrected chi connectivity index (χ1v) is 6.97. The second kappa shape index (κ2) is 5.38. The Morgan fingerprint density at radius 3 is 2.10 bits per heavy atom. The molecule has 9 heteroatoms. The molecule has 8 nitrogen and oxygen atoms in total. The van der Waals surface area contributed by atoms with Crippen molar-refractivity contribution in [3.63, 3.8) is 0 Å². The Morgan fingerprint density at radius 2 is 1.43 bits per heavy atom. The van der Waals surface area contributed by atoms with Crippen LogP contribution in [0.2, 0.25) is 0 Å². The summed E-state index contributed by atoms with van der Waals surface area (Å²) in [6.45, 7) is 0. The Bertz CT molecular complexity index is 816. The number of nitrogens with zero attached hydrogens (tertiary/aromatic N) is 2. The van der Waals surface area contributed by atoms with Crippen molar-refractivity contribution in [2.75, 3.05) is 0 Å². The van der Waals surface area contributed by atoms with Gasteiger partial charge in [-0.2, -0.15) is 8.42 Å². The number of rotatable bonds is 3. The zero-order valence-corrected chi connectivity index (χ0v) is 11.2. The van der Waals surface area contributed by atoms with Gasteiger partial charge in [0.25, 0.3) is 10.1 Å². The van der Waals surface area contributed by atoms with Crippen molar-refractivity contribution < 1.29 is 28.3 Å². The van der Waals surface area contributed by atoms with Gasteiger partial charge in [0.05, 0.1) is 0 Å². The molecule has 0 aliphatic rings. The second-order valence-electron chi connectivity index (χ2n) is 3.94. The number of benzene rings is 2. The summed E-state index contributed by atoms with van der Waals surface area (Å²) in [5.74, 6) is -2.01. The minimum Gasteiger partial charge on any atom is -0.504 e. The molecule has 0 fully saturated rings. The largest absolute Gasteiger partial charge is 0.504 e. The number of phenols is 3. The summed E-state index contributed by atoms with van der Waals surface area (Å²) in [6, 6.07) is 7.56. The van der Waals surface area contributed by atoms with Gasteiger partial charge < -0.3 is 15.3 Å². The van der Waals surface area contributed by atoms with E-state index in [9.17, 15) is 18.6 Å². The van der Waals surface area contributed by atoms with Crippen LogP contribution in [0.15, 0.2) is 51.5 Å². The summed E-state index contributed by atoms with van der Waals surface area (Å²) >= 11 is 0. The lowest BCUT2D eigenvalue weighted by molar-refractivity contribution is 0.368. The second-order valence-corrected chi connectivity index (χ2v) is 5.33. The molecule has 4 N–H and O–H groups in total. The Hall–Kier alpha value is -2.65. The van der Waals surface area contributed by atoms with Gasteiger partial charge in [0.1, 0.15) is 16.3 Å². The molecule has 0 unspecified atom stereocenters. The lowest BCUT2D eigenvalue weighted by atomic mass is 10.2. The standard InChI is InChI=1S/C12H10N2O6S/c15-9-6-5-8(11(16)12(9)17)14-13-7-3-1-2-4-10(7)21(18,19)20/h1-6,15-17H,(H,18,19,20). The molecule has 110 valence electrons. The fourth-order valence-electron chi connectivity index (χ4n) is 1.50. The highest BCUT2D eigenvalue weighted by atomic mass is 32.2. The van der Waals surface area contributed by atoms with Crippen LogP contribution in [0.25, 0.3) is 0 Å². The molecule has 0 spiro atoms. The Morgan fingerprint density at radius 1 is 0.810 bits per heavy atom. The number of hydrogen-bond donors (Lipinski definition) is 4. The summed E-state index contributed by atoms with van der Waals surface area (Å²) in [5.41, 5.74) is -0.331. The van der Waals surface area contributed by atoms with E-state index < -0.39 is 32.3 Å². The fourth-order valence-corrected chi connectivity index (χ4v) is 2.13. The van der Waals surface area contributed by atoms with Crippen molar-refractivity contribution in [2.45, 2.75) is 4.90 Å². The first-order valence-electron chi connectivity index (χ1n) is 5.53. The van der Waals surface area contributed by atoms with Crippen molar-refractivity contribution in [1.29, 1.82) is 0 Å². The van der Waals surface area contributed by atoms with Crippen LogP contribution in [0.5, 0.6) is 17.2 Å². The molecular formula is C12H10N2O6S. The summed E-state index contributed by atoms with van der Waals surface area (Å²) in [4.78, 5) is -0.448. The third-order valence-corrected chi connectivity index (χ3v) is 3.42. The molecule has 0 bridgehead atoms. The maximum absolute atomic E-state index is 11.2. The Balaban J connectivity index is 2.47. The molecule has 0 amide bonds. The SMILES string of the molecule is O=S(=O)(O)c1ccccc1N=Nc1ccc(O)c(O)c1O. The average molecular weight is 310 g/mol. The zero-order valence-electron chi connectivity index (χ0n) is 10.4. The summed E-state index contributed by atoms with van der Waals surface area (Å²) < 4.78 is 31.4. The lowest BCUT2D eigenvalue weighted by Gasteiger charge is -2.03. The molecule has 2 aromatic carbocycles. The van der Waals surface area contributed by atoms with Gasteiger partial charge in [-0.3, -0.25) is 4.55 Å². The maximum Gasteiger partial charge on any atom is 0.296 e. The third-order valence-electron chi connectivity index (χ3n) is 2.52. The molecule has 0 saturated carbocycles. The van der Waals surface area contributed by atoms with Crippen molar-refractivity contribution in [2.24, 2.45) is 10.2 Å². The molecule has 0 atom stereocenters. The van der Waals surface area contributed by atoms with Gasteiger partial charge in [-0.05, 0) is 24.3 Å². The van der Waals surface area contributed by atoms with Gasteiger partial charge in [-0.25, -0.2) is 0 Å². The summed E-state index contributed by atoms with van der Waals surface area (Å²) in [5, 5.41) is 35.2. The van der Waals surface area contributed by atoms with E-state index >= 15 is 0 Å².